The second kappa shape index (κ2) is 4.18. The molecule has 0 saturated carbocycles. The summed E-state index contributed by atoms with van der Waals surface area (Å²) in [6, 6.07) is 3.55. The highest BCUT2D eigenvalue weighted by Gasteiger charge is 2.17. The number of sulfone groups is 1. The van der Waals surface area contributed by atoms with Gasteiger partial charge in [0.05, 0.1) is 11.0 Å². The van der Waals surface area contributed by atoms with Crippen LogP contribution in [0.1, 0.15) is 19.4 Å². The summed E-state index contributed by atoms with van der Waals surface area (Å²) in [5, 5.41) is 8.58. The summed E-state index contributed by atoms with van der Waals surface area (Å²) in [5.41, 5.74) is 0.391. The van der Waals surface area contributed by atoms with Gasteiger partial charge in [0.2, 0.25) is 0 Å². The van der Waals surface area contributed by atoms with Crippen LogP contribution in [0.3, 0.4) is 0 Å². The summed E-state index contributed by atoms with van der Waals surface area (Å²) in [6.45, 7) is 3.16. The number of phenolic OH excluding ortho intramolecular Hbond substituents is 1. The minimum absolute atomic E-state index is 0.182. The second-order valence-corrected chi connectivity index (χ2v) is 6.20. The summed E-state index contributed by atoms with van der Waals surface area (Å²) in [6.07, 6.45) is 0. The van der Waals surface area contributed by atoms with E-state index in [0.717, 1.165) is 12.1 Å². The molecular formula is C10H13FO3S. The van der Waals surface area contributed by atoms with Gasteiger partial charge >= 0.3 is 0 Å². The van der Waals surface area contributed by atoms with Crippen molar-refractivity contribution in [2.24, 2.45) is 0 Å². The molecule has 0 unspecified atom stereocenters. The molecule has 0 fully saturated rings. The summed E-state index contributed by atoms with van der Waals surface area (Å²) in [4.78, 5) is 0. The first-order valence-corrected chi connectivity index (χ1v) is 6.23. The van der Waals surface area contributed by atoms with E-state index < -0.39 is 26.7 Å². The van der Waals surface area contributed by atoms with Gasteiger partial charge in [0.15, 0.2) is 21.4 Å². The van der Waals surface area contributed by atoms with E-state index in [9.17, 15) is 12.8 Å². The average Bonchev–Trinajstić information content (AvgIpc) is 2.10. The maximum absolute atomic E-state index is 12.7. The number of hydrogen-bond donors (Lipinski definition) is 1. The molecule has 0 bridgehead atoms. The zero-order valence-electron chi connectivity index (χ0n) is 8.57. The molecule has 0 amide bonds. The summed E-state index contributed by atoms with van der Waals surface area (Å²) in [5.74, 6) is -1.45. The third-order valence-electron chi connectivity index (χ3n) is 2.10. The van der Waals surface area contributed by atoms with Crippen molar-refractivity contribution in [1.82, 2.24) is 0 Å². The van der Waals surface area contributed by atoms with E-state index >= 15 is 0 Å². The van der Waals surface area contributed by atoms with E-state index in [1.165, 1.54) is 6.07 Å². The largest absolute Gasteiger partial charge is 0.505 e. The predicted octanol–water partition coefficient (Wildman–Crippen LogP) is 1.85. The maximum Gasteiger partial charge on any atom is 0.164 e. The molecule has 0 aliphatic rings. The van der Waals surface area contributed by atoms with Crippen molar-refractivity contribution < 1.29 is 17.9 Å². The van der Waals surface area contributed by atoms with Gasteiger partial charge in [-0.2, -0.15) is 0 Å². The van der Waals surface area contributed by atoms with Gasteiger partial charge in [-0.25, -0.2) is 12.8 Å². The molecule has 3 nitrogen and oxygen atoms in total. The van der Waals surface area contributed by atoms with Crippen molar-refractivity contribution in [3.63, 3.8) is 0 Å². The van der Waals surface area contributed by atoms with E-state index in [1.54, 1.807) is 13.8 Å². The van der Waals surface area contributed by atoms with E-state index in [2.05, 4.69) is 0 Å². The molecule has 0 radical (unpaired) electrons. The van der Waals surface area contributed by atoms with Crippen LogP contribution in [0.25, 0.3) is 0 Å². The third kappa shape index (κ3) is 2.92. The molecule has 0 atom stereocenters. The lowest BCUT2D eigenvalue weighted by Gasteiger charge is -2.07. The quantitative estimate of drug-likeness (QED) is 0.865. The smallest absolute Gasteiger partial charge is 0.164 e. The number of halogens is 1. The van der Waals surface area contributed by atoms with E-state index in [1.807, 2.05) is 0 Å². The van der Waals surface area contributed by atoms with Gasteiger partial charge in [-0.05, 0) is 31.5 Å². The molecule has 15 heavy (non-hydrogen) atoms. The van der Waals surface area contributed by atoms with Crippen LogP contribution >= 0.6 is 0 Å². The van der Waals surface area contributed by atoms with Crippen LogP contribution in [-0.2, 0) is 15.6 Å². The van der Waals surface area contributed by atoms with Crippen LogP contribution in [0.15, 0.2) is 18.2 Å². The van der Waals surface area contributed by atoms with Gasteiger partial charge in [-0.15, -0.1) is 0 Å². The molecule has 0 saturated heterocycles. The van der Waals surface area contributed by atoms with Crippen molar-refractivity contribution in [1.29, 1.82) is 0 Å². The maximum atomic E-state index is 12.7. The molecule has 1 N–H and O–H groups in total. The minimum Gasteiger partial charge on any atom is -0.505 e. The standard InChI is InChI=1S/C10H13FO3S/c1-7(2)15(13,14)6-8-3-4-9(11)10(12)5-8/h3-5,7,12H,6H2,1-2H3. The van der Waals surface area contributed by atoms with Gasteiger partial charge in [0.1, 0.15) is 0 Å². The molecule has 0 aliphatic heterocycles. The zero-order valence-corrected chi connectivity index (χ0v) is 9.38. The number of hydrogen-bond acceptors (Lipinski definition) is 3. The molecule has 1 aromatic rings. The first-order valence-electron chi connectivity index (χ1n) is 4.52. The van der Waals surface area contributed by atoms with E-state index in [0.29, 0.717) is 5.56 Å². The summed E-state index contributed by atoms with van der Waals surface area (Å²) in [7, 11) is -3.21. The summed E-state index contributed by atoms with van der Waals surface area (Å²) < 4.78 is 35.7. The van der Waals surface area contributed by atoms with Crippen LogP contribution < -0.4 is 0 Å². The Morgan fingerprint density at radius 2 is 2.00 bits per heavy atom. The van der Waals surface area contributed by atoms with E-state index in [-0.39, 0.29) is 5.75 Å². The SMILES string of the molecule is CC(C)S(=O)(=O)Cc1ccc(F)c(O)c1. The van der Waals surface area contributed by atoms with Gasteiger partial charge in [-0.1, -0.05) is 6.07 Å². The topological polar surface area (TPSA) is 54.4 Å². The highest BCUT2D eigenvalue weighted by atomic mass is 32.2. The van der Waals surface area contributed by atoms with Gasteiger partial charge < -0.3 is 5.11 Å². The van der Waals surface area contributed by atoms with Crippen molar-refractivity contribution in [2.45, 2.75) is 24.9 Å². The van der Waals surface area contributed by atoms with Crippen LogP contribution in [0.2, 0.25) is 0 Å². The fraction of sp³-hybridized carbons (Fsp3) is 0.400. The Bertz CT molecular complexity index is 452. The minimum atomic E-state index is -3.21. The third-order valence-corrected chi connectivity index (χ3v) is 4.27. The lowest BCUT2D eigenvalue weighted by molar-refractivity contribution is 0.432. The molecule has 0 aromatic heterocycles. The van der Waals surface area contributed by atoms with Crippen LogP contribution in [0, 0.1) is 5.82 Å². The Kier molecular flexibility index (Phi) is 3.34. The fourth-order valence-corrected chi connectivity index (χ4v) is 2.02. The molecule has 1 rings (SSSR count). The first-order chi connectivity index (χ1) is 6.83. The normalized spacial score (nSPS) is 12.0. The van der Waals surface area contributed by atoms with Crippen LogP contribution in [0.4, 0.5) is 4.39 Å². The van der Waals surface area contributed by atoms with Crippen molar-refractivity contribution >= 4 is 9.84 Å². The van der Waals surface area contributed by atoms with Crippen molar-refractivity contribution in [3.05, 3.63) is 29.6 Å². The predicted molar refractivity (Wildman–Crippen MR) is 55.8 cm³/mol. The number of benzene rings is 1. The lowest BCUT2D eigenvalue weighted by atomic mass is 10.2. The van der Waals surface area contributed by atoms with Crippen molar-refractivity contribution in [3.8, 4) is 5.75 Å². The average molecular weight is 232 g/mol. The Hall–Kier alpha value is -1.10. The highest BCUT2D eigenvalue weighted by molar-refractivity contribution is 7.91. The van der Waals surface area contributed by atoms with Crippen LogP contribution in [0.5, 0.6) is 5.75 Å². The molecule has 1 aromatic carbocycles. The first kappa shape index (κ1) is 12.0. The fourth-order valence-electron chi connectivity index (χ4n) is 1.05. The van der Waals surface area contributed by atoms with Gasteiger partial charge in [0, 0.05) is 0 Å². The van der Waals surface area contributed by atoms with E-state index in [4.69, 9.17) is 5.11 Å². The molecule has 0 spiro atoms. The Balaban J connectivity index is 2.96. The van der Waals surface area contributed by atoms with Gasteiger partial charge in [-0.3, -0.25) is 0 Å². The lowest BCUT2D eigenvalue weighted by Crippen LogP contribution is -2.15. The number of phenols is 1. The zero-order chi connectivity index (χ0) is 11.6. The number of rotatable bonds is 3. The molecular weight excluding hydrogens is 219 g/mol. The van der Waals surface area contributed by atoms with Crippen molar-refractivity contribution in [2.75, 3.05) is 0 Å². The molecule has 5 heteroatoms. The van der Waals surface area contributed by atoms with Crippen LogP contribution in [-0.4, -0.2) is 18.8 Å². The van der Waals surface area contributed by atoms with Gasteiger partial charge in [0.25, 0.3) is 0 Å². The highest BCUT2D eigenvalue weighted by Crippen LogP contribution is 2.19. The summed E-state index contributed by atoms with van der Waals surface area (Å²) >= 11 is 0. The Labute approximate surface area is 88.5 Å². The molecule has 84 valence electrons. The Morgan fingerprint density at radius 3 is 2.47 bits per heavy atom. The second-order valence-electron chi connectivity index (χ2n) is 3.64. The monoisotopic (exact) mass is 232 g/mol. The molecule has 0 aliphatic carbocycles. The Morgan fingerprint density at radius 1 is 1.40 bits per heavy atom. The molecule has 0 heterocycles. The number of aromatic hydroxyl groups is 1.